The Morgan fingerprint density at radius 1 is 1.13 bits per heavy atom. The van der Waals surface area contributed by atoms with E-state index < -0.39 is 5.41 Å². The van der Waals surface area contributed by atoms with Gasteiger partial charge in [0, 0.05) is 16.6 Å². The van der Waals surface area contributed by atoms with Crippen molar-refractivity contribution in [1.82, 2.24) is 4.98 Å². The molecular weight excluding hydrogens is 308 g/mol. The molecule has 3 aromatic rings. The molecule has 0 atom stereocenters. The average Bonchev–Trinajstić information content (AvgIpc) is 3.26. The van der Waals surface area contributed by atoms with Crippen LogP contribution < -0.4 is 5.32 Å². The van der Waals surface area contributed by atoms with Crippen molar-refractivity contribution in [1.29, 1.82) is 0 Å². The van der Waals surface area contributed by atoms with E-state index in [2.05, 4.69) is 16.4 Å². The van der Waals surface area contributed by atoms with E-state index in [9.17, 15) is 4.79 Å². The Balaban J connectivity index is 1.74. The number of rotatable bonds is 3. The third-order valence-corrected chi connectivity index (χ3v) is 5.01. The molecule has 1 aromatic heterocycles. The topological polar surface area (TPSA) is 44.9 Å². The minimum atomic E-state index is -0.442. The highest BCUT2D eigenvalue weighted by Crippen LogP contribution is 2.52. The smallest absolute Gasteiger partial charge is 0.235 e. The predicted molar refractivity (Wildman–Crippen MR) is 94.0 cm³/mol. The lowest BCUT2D eigenvalue weighted by atomic mass is 9.92. The van der Waals surface area contributed by atoms with Crippen LogP contribution in [0.2, 0.25) is 5.02 Å². The van der Waals surface area contributed by atoms with Gasteiger partial charge in [-0.15, -0.1) is 0 Å². The number of H-pyrrole nitrogens is 1. The minimum absolute atomic E-state index is 0.0263. The molecule has 0 unspecified atom stereocenters. The minimum Gasteiger partial charge on any atom is -0.358 e. The summed E-state index contributed by atoms with van der Waals surface area (Å²) in [6, 6.07) is 15.5. The van der Waals surface area contributed by atoms with Crippen LogP contribution in [-0.2, 0) is 10.2 Å². The lowest BCUT2D eigenvalue weighted by molar-refractivity contribution is -0.118. The molecule has 2 aromatic carbocycles. The number of hydrogen-bond acceptors (Lipinski definition) is 1. The highest BCUT2D eigenvalue weighted by Gasteiger charge is 2.53. The SMILES string of the molecule is Cc1[nH]c2ccccc2c1C1(C(=O)Nc2ccccc2Cl)CC1. The maximum absolute atomic E-state index is 13.0. The number of para-hydroxylation sites is 2. The van der Waals surface area contributed by atoms with Crippen LogP contribution in [0.4, 0.5) is 5.69 Å². The molecule has 0 spiro atoms. The maximum atomic E-state index is 13.0. The third-order valence-electron chi connectivity index (χ3n) is 4.68. The zero-order valence-electron chi connectivity index (χ0n) is 12.8. The summed E-state index contributed by atoms with van der Waals surface area (Å²) < 4.78 is 0. The zero-order chi connectivity index (χ0) is 16.0. The molecule has 4 heteroatoms. The van der Waals surface area contributed by atoms with Crippen LogP contribution in [0.1, 0.15) is 24.1 Å². The summed E-state index contributed by atoms with van der Waals surface area (Å²) in [5.74, 6) is 0.0263. The highest BCUT2D eigenvalue weighted by atomic mass is 35.5. The molecule has 4 rings (SSSR count). The normalized spacial score (nSPS) is 15.6. The second kappa shape index (κ2) is 5.14. The molecule has 116 valence electrons. The number of benzene rings is 2. The number of fused-ring (bicyclic) bond motifs is 1. The first-order valence-corrected chi connectivity index (χ1v) is 8.13. The van der Waals surface area contributed by atoms with Crippen LogP contribution in [0.3, 0.4) is 0 Å². The molecule has 1 saturated carbocycles. The number of aromatic amines is 1. The van der Waals surface area contributed by atoms with Crippen molar-refractivity contribution in [3.05, 3.63) is 64.8 Å². The van der Waals surface area contributed by atoms with Crippen molar-refractivity contribution in [2.75, 3.05) is 5.32 Å². The first kappa shape index (κ1) is 14.3. The van der Waals surface area contributed by atoms with Gasteiger partial charge >= 0.3 is 0 Å². The highest BCUT2D eigenvalue weighted by molar-refractivity contribution is 6.33. The quantitative estimate of drug-likeness (QED) is 0.714. The molecule has 1 amide bonds. The Kier molecular flexibility index (Phi) is 3.20. The molecule has 1 aliphatic rings. The monoisotopic (exact) mass is 324 g/mol. The summed E-state index contributed by atoms with van der Waals surface area (Å²) >= 11 is 6.17. The van der Waals surface area contributed by atoms with Crippen LogP contribution in [0.25, 0.3) is 10.9 Å². The number of aromatic nitrogens is 1. The van der Waals surface area contributed by atoms with Gasteiger partial charge in [-0.05, 0) is 43.5 Å². The van der Waals surface area contributed by atoms with Crippen molar-refractivity contribution in [3.8, 4) is 0 Å². The van der Waals surface area contributed by atoms with Crippen molar-refractivity contribution >= 4 is 34.1 Å². The number of carbonyl (C=O) groups is 1. The van der Waals surface area contributed by atoms with Crippen molar-refractivity contribution in [3.63, 3.8) is 0 Å². The van der Waals surface area contributed by atoms with Gasteiger partial charge in [-0.25, -0.2) is 0 Å². The second-order valence-electron chi connectivity index (χ2n) is 6.19. The fraction of sp³-hybridized carbons (Fsp3) is 0.211. The first-order valence-electron chi connectivity index (χ1n) is 7.75. The first-order chi connectivity index (χ1) is 11.1. The molecule has 1 fully saturated rings. The van der Waals surface area contributed by atoms with Crippen LogP contribution in [-0.4, -0.2) is 10.9 Å². The summed E-state index contributed by atoms with van der Waals surface area (Å²) in [6.07, 6.45) is 1.73. The average molecular weight is 325 g/mol. The van der Waals surface area contributed by atoms with E-state index in [0.717, 1.165) is 35.0 Å². The number of aryl methyl sites for hydroxylation is 1. The van der Waals surface area contributed by atoms with E-state index in [0.29, 0.717) is 10.7 Å². The van der Waals surface area contributed by atoms with Crippen molar-refractivity contribution in [2.45, 2.75) is 25.2 Å². The van der Waals surface area contributed by atoms with Crippen LogP contribution in [0.5, 0.6) is 0 Å². The lowest BCUT2D eigenvalue weighted by Gasteiger charge is -2.17. The van der Waals surface area contributed by atoms with Gasteiger partial charge in [0.25, 0.3) is 0 Å². The van der Waals surface area contributed by atoms with Gasteiger partial charge in [0.1, 0.15) is 0 Å². The molecule has 3 nitrogen and oxygen atoms in total. The van der Waals surface area contributed by atoms with Gasteiger partial charge in [-0.2, -0.15) is 0 Å². The predicted octanol–water partition coefficient (Wildman–Crippen LogP) is 4.80. The number of nitrogens with one attached hydrogen (secondary N) is 2. The lowest BCUT2D eigenvalue weighted by Crippen LogP contribution is -2.28. The Hall–Kier alpha value is -2.26. The molecule has 1 heterocycles. The summed E-state index contributed by atoms with van der Waals surface area (Å²) in [7, 11) is 0. The number of halogens is 1. The van der Waals surface area contributed by atoms with E-state index in [1.165, 1.54) is 0 Å². The van der Waals surface area contributed by atoms with E-state index in [-0.39, 0.29) is 5.91 Å². The fourth-order valence-electron chi connectivity index (χ4n) is 3.41. The second-order valence-corrected chi connectivity index (χ2v) is 6.59. The molecule has 0 saturated heterocycles. The van der Waals surface area contributed by atoms with E-state index in [4.69, 9.17) is 11.6 Å². The van der Waals surface area contributed by atoms with Gasteiger partial charge in [-0.1, -0.05) is 41.9 Å². The summed E-state index contributed by atoms with van der Waals surface area (Å²) in [5.41, 5.74) is 3.50. The van der Waals surface area contributed by atoms with Gasteiger partial charge in [0.05, 0.1) is 16.1 Å². The molecule has 23 heavy (non-hydrogen) atoms. The number of amides is 1. The van der Waals surface area contributed by atoms with E-state index in [1.54, 1.807) is 6.07 Å². The van der Waals surface area contributed by atoms with Gasteiger partial charge in [-0.3, -0.25) is 4.79 Å². The number of anilines is 1. The Labute approximate surface area is 139 Å². The number of carbonyl (C=O) groups excluding carboxylic acids is 1. The Bertz CT molecular complexity index is 909. The van der Waals surface area contributed by atoms with Crippen LogP contribution in [0, 0.1) is 6.92 Å². The molecule has 0 bridgehead atoms. The third kappa shape index (κ3) is 2.23. The van der Waals surface area contributed by atoms with Crippen molar-refractivity contribution < 1.29 is 4.79 Å². The van der Waals surface area contributed by atoms with E-state index in [1.807, 2.05) is 43.3 Å². The van der Waals surface area contributed by atoms with Gasteiger partial charge in [0.15, 0.2) is 0 Å². The molecule has 2 N–H and O–H groups in total. The van der Waals surface area contributed by atoms with Gasteiger partial charge in [0.2, 0.25) is 5.91 Å². The molecular formula is C19H17ClN2O. The molecule has 0 aliphatic heterocycles. The van der Waals surface area contributed by atoms with Crippen LogP contribution in [0.15, 0.2) is 48.5 Å². The zero-order valence-corrected chi connectivity index (χ0v) is 13.6. The van der Waals surface area contributed by atoms with Crippen molar-refractivity contribution in [2.24, 2.45) is 0 Å². The fourth-order valence-corrected chi connectivity index (χ4v) is 3.60. The Morgan fingerprint density at radius 2 is 1.83 bits per heavy atom. The summed E-state index contributed by atoms with van der Waals surface area (Å²) in [6.45, 7) is 2.04. The Morgan fingerprint density at radius 3 is 2.57 bits per heavy atom. The molecule has 0 radical (unpaired) electrons. The summed E-state index contributed by atoms with van der Waals surface area (Å²) in [5, 5.41) is 4.71. The maximum Gasteiger partial charge on any atom is 0.235 e. The summed E-state index contributed by atoms with van der Waals surface area (Å²) in [4.78, 5) is 16.4. The van der Waals surface area contributed by atoms with E-state index >= 15 is 0 Å². The number of hydrogen-bond donors (Lipinski definition) is 2. The van der Waals surface area contributed by atoms with Gasteiger partial charge < -0.3 is 10.3 Å². The largest absolute Gasteiger partial charge is 0.358 e. The molecule has 1 aliphatic carbocycles. The van der Waals surface area contributed by atoms with Crippen LogP contribution >= 0.6 is 11.6 Å². The standard InChI is InChI=1S/C19H17ClN2O/c1-12-17(13-6-2-4-8-15(13)21-12)19(10-11-19)18(23)22-16-9-5-3-7-14(16)20/h2-9,21H,10-11H2,1H3,(H,22,23).